The van der Waals surface area contributed by atoms with Crippen molar-refractivity contribution in [2.75, 3.05) is 71.8 Å². The number of nitrogen functional groups attached to an aromatic ring is 1. The Morgan fingerprint density at radius 3 is 2.69 bits per heavy atom. The molecular formula is C26H38FN9O3. The smallest absolute Gasteiger partial charge is 0.259 e. The monoisotopic (exact) mass is 543 g/mol. The Hall–Kier alpha value is -2.87. The molecule has 12 nitrogen and oxygen atoms in total. The zero-order valence-corrected chi connectivity index (χ0v) is 22.4. The first-order chi connectivity index (χ1) is 18.9. The summed E-state index contributed by atoms with van der Waals surface area (Å²) in [6.07, 6.45) is 4.90. The van der Waals surface area contributed by atoms with Crippen LogP contribution in [0.15, 0.2) is 12.4 Å². The van der Waals surface area contributed by atoms with Crippen LogP contribution >= 0.6 is 0 Å². The lowest BCUT2D eigenvalue weighted by atomic mass is 9.76. The van der Waals surface area contributed by atoms with Crippen molar-refractivity contribution in [1.29, 1.82) is 0 Å². The number of aromatic nitrogens is 3. The van der Waals surface area contributed by atoms with Crippen molar-refractivity contribution in [3.63, 3.8) is 0 Å². The molecule has 0 bridgehead atoms. The van der Waals surface area contributed by atoms with Crippen LogP contribution in [0.4, 0.5) is 10.2 Å². The van der Waals surface area contributed by atoms with Crippen LogP contribution in [-0.2, 0) is 9.53 Å². The summed E-state index contributed by atoms with van der Waals surface area (Å²) in [5, 5.41) is 10.6. The Morgan fingerprint density at radius 1 is 1.18 bits per heavy atom. The molecule has 0 aliphatic carbocycles. The maximum Gasteiger partial charge on any atom is 0.259 e. The van der Waals surface area contributed by atoms with Gasteiger partial charge in [-0.05, 0) is 44.7 Å². The number of piperazine rings is 1. The highest BCUT2D eigenvalue weighted by Crippen LogP contribution is 2.33. The number of piperidine rings is 2. The number of anilines is 1. The van der Waals surface area contributed by atoms with Crippen molar-refractivity contribution in [1.82, 2.24) is 39.9 Å². The number of likely N-dealkylation sites (tertiary alicyclic amines) is 1. The molecule has 6 rings (SSSR count). The summed E-state index contributed by atoms with van der Waals surface area (Å²) in [6, 6.07) is 0.317. The summed E-state index contributed by atoms with van der Waals surface area (Å²) >= 11 is 0. The number of fused-ring (bicyclic) bond motifs is 1. The van der Waals surface area contributed by atoms with Gasteiger partial charge in [-0.3, -0.25) is 19.4 Å². The van der Waals surface area contributed by atoms with Gasteiger partial charge in [0.15, 0.2) is 17.3 Å². The van der Waals surface area contributed by atoms with Crippen LogP contribution in [0.5, 0.6) is 0 Å². The highest BCUT2D eigenvalue weighted by Gasteiger charge is 2.41. The van der Waals surface area contributed by atoms with E-state index in [-0.39, 0.29) is 46.8 Å². The minimum absolute atomic E-state index is 0.0199. The quantitative estimate of drug-likeness (QED) is 0.453. The summed E-state index contributed by atoms with van der Waals surface area (Å²) in [7, 11) is 2.05. The highest BCUT2D eigenvalue weighted by molar-refractivity contribution is 6.04. The standard InChI is InChI=1S/C26H38FN9O3/c1-33-12-16(2-3-21(33)26(38)35-8-6-34(7-9-35)18-14-39-15-18)19-4-5-29-11-20(19)31-25(37)22-23(28)32-36-13-17(27)10-30-24(22)36/h10,13,16,18-21,29H,2-9,11-12,14-15H2,1H3,(H2,28,32)(H,31,37). The fourth-order valence-corrected chi connectivity index (χ4v) is 6.78. The van der Waals surface area contributed by atoms with Crippen LogP contribution < -0.4 is 16.4 Å². The summed E-state index contributed by atoms with van der Waals surface area (Å²) in [5.41, 5.74) is 6.41. The van der Waals surface area contributed by atoms with Gasteiger partial charge in [-0.25, -0.2) is 13.9 Å². The molecule has 4 aliphatic heterocycles. The first-order valence-electron chi connectivity index (χ1n) is 14.0. The summed E-state index contributed by atoms with van der Waals surface area (Å²) in [4.78, 5) is 37.5. The number of nitrogens with zero attached hydrogens (tertiary/aromatic N) is 6. The van der Waals surface area contributed by atoms with Gasteiger partial charge in [0.05, 0.1) is 37.7 Å². The maximum atomic E-state index is 13.6. The lowest BCUT2D eigenvalue weighted by Crippen LogP contribution is -2.61. The number of hydrogen-bond donors (Lipinski definition) is 3. The second kappa shape index (κ2) is 11.0. The molecule has 0 saturated carbocycles. The zero-order chi connectivity index (χ0) is 27.1. The number of carbonyl (C=O) groups excluding carboxylic acids is 2. The molecule has 4 saturated heterocycles. The zero-order valence-electron chi connectivity index (χ0n) is 22.4. The lowest BCUT2D eigenvalue weighted by molar-refractivity contribution is -0.142. The SMILES string of the molecule is CN1CC(C2CCNCC2NC(=O)c2c(N)nn3cc(F)cnc23)CCC1C(=O)N1CCN(C2COC2)CC1. The molecule has 212 valence electrons. The minimum Gasteiger partial charge on any atom is -0.381 e. The van der Waals surface area contributed by atoms with E-state index in [1.165, 1.54) is 4.52 Å². The van der Waals surface area contributed by atoms with Crippen LogP contribution in [0.25, 0.3) is 5.65 Å². The average Bonchev–Trinajstić information content (AvgIpc) is 3.22. The normalized spacial score (nSPS) is 29.3. The first-order valence-corrected chi connectivity index (χ1v) is 14.0. The number of halogens is 1. The molecule has 4 N–H and O–H groups in total. The van der Waals surface area contributed by atoms with Gasteiger partial charge in [-0.1, -0.05) is 0 Å². The van der Waals surface area contributed by atoms with Crippen LogP contribution in [0.3, 0.4) is 0 Å². The van der Waals surface area contributed by atoms with Gasteiger partial charge in [-0.2, -0.15) is 0 Å². The van der Waals surface area contributed by atoms with E-state index < -0.39 is 5.82 Å². The molecule has 2 aromatic rings. The molecular weight excluding hydrogens is 505 g/mol. The predicted molar refractivity (Wildman–Crippen MR) is 141 cm³/mol. The van der Waals surface area contributed by atoms with Crippen molar-refractivity contribution < 1.29 is 18.7 Å². The van der Waals surface area contributed by atoms with E-state index >= 15 is 0 Å². The second-order valence-electron chi connectivity index (χ2n) is 11.4. The minimum atomic E-state index is -0.558. The molecule has 2 aromatic heterocycles. The Morgan fingerprint density at radius 2 is 1.97 bits per heavy atom. The van der Waals surface area contributed by atoms with Gasteiger partial charge in [0.1, 0.15) is 5.56 Å². The van der Waals surface area contributed by atoms with Crippen LogP contribution in [0, 0.1) is 17.7 Å². The Balaban J connectivity index is 1.07. The molecule has 2 amide bonds. The van der Waals surface area contributed by atoms with E-state index in [2.05, 4.69) is 37.6 Å². The first kappa shape index (κ1) is 26.4. The number of amides is 2. The van der Waals surface area contributed by atoms with Gasteiger partial charge < -0.3 is 26.0 Å². The van der Waals surface area contributed by atoms with Crippen molar-refractivity contribution in [2.45, 2.75) is 37.4 Å². The Labute approximate surface area is 227 Å². The van der Waals surface area contributed by atoms with Gasteiger partial charge in [-0.15, -0.1) is 5.10 Å². The molecule has 13 heteroatoms. The molecule has 4 unspecified atom stereocenters. The molecule has 4 atom stereocenters. The molecule has 4 aliphatic rings. The summed E-state index contributed by atoms with van der Waals surface area (Å²) in [6.45, 7) is 7.34. The van der Waals surface area contributed by atoms with Crippen molar-refractivity contribution >= 4 is 23.3 Å². The predicted octanol–water partition coefficient (Wildman–Crippen LogP) is -0.588. The number of carbonyl (C=O) groups is 2. The second-order valence-corrected chi connectivity index (χ2v) is 11.4. The van der Waals surface area contributed by atoms with E-state index in [1.54, 1.807) is 0 Å². The van der Waals surface area contributed by atoms with Gasteiger partial charge in [0.25, 0.3) is 5.91 Å². The van der Waals surface area contributed by atoms with E-state index in [4.69, 9.17) is 10.5 Å². The van der Waals surface area contributed by atoms with Crippen LogP contribution in [-0.4, -0.2) is 125 Å². The van der Waals surface area contributed by atoms with Crippen LogP contribution in [0.2, 0.25) is 0 Å². The van der Waals surface area contributed by atoms with Crippen molar-refractivity contribution in [2.24, 2.45) is 11.8 Å². The fraction of sp³-hybridized carbons (Fsp3) is 0.692. The van der Waals surface area contributed by atoms with E-state index in [9.17, 15) is 14.0 Å². The number of rotatable bonds is 5. The largest absolute Gasteiger partial charge is 0.381 e. The van der Waals surface area contributed by atoms with E-state index in [0.717, 1.165) is 84.1 Å². The van der Waals surface area contributed by atoms with E-state index in [0.29, 0.717) is 18.5 Å². The van der Waals surface area contributed by atoms with Gasteiger partial charge in [0.2, 0.25) is 5.91 Å². The Bertz CT molecular complexity index is 1210. The fourth-order valence-electron chi connectivity index (χ4n) is 6.78. The molecule has 0 spiro atoms. The number of likely N-dealkylation sites (N-methyl/N-ethyl adjacent to an activating group) is 1. The third kappa shape index (κ3) is 5.20. The number of ether oxygens (including phenoxy) is 1. The number of nitrogens with one attached hydrogen (secondary N) is 2. The highest BCUT2D eigenvalue weighted by atomic mass is 19.1. The number of nitrogens with two attached hydrogens (primary N) is 1. The maximum absolute atomic E-state index is 13.6. The van der Waals surface area contributed by atoms with E-state index in [1.807, 2.05) is 4.90 Å². The third-order valence-electron chi connectivity index (χ3n) is 9.07. The average molecular weight is 544 g/mol. The topological polar surface area (TPSA) is 133 Å². The summed E-state index contributed by atoms with van der Waals surface area (Å²) in [5.74, 6) is -0.0386. The number of hydrogen-bond acceptors (Lipinski definition) is 9. The van der Waals surface area contributed by atoms with Crippen molar-refractivity contribution in [3.05, 3.63) is 23.8 Å². The molecule has 39 heavy (non-hydrogen) atoms. The lowest BCUT2D eigenvalue weighted by Gasteiger charge is -2.46. The Kier molecular flexibility index (Phi) is 7.40. The van der Waals surface area contributed by atoms with Crippen molar-refractivity contribution in [3.8, 4) is 0 Å². The van der Waals surface area contributed by atoms with Gasteiger partial charge >= 0.3 is 0 Å². The summed E-state index contributed by atoms with van der Waals surface area (Å²) < 4.78 is 20.1. The molecule has 0 radical (unpaired) electrons. The van der Waals surface area contributed by atoms with Crippen LogP contribution in [0.1, 0.15) is 29.6 Å². The van der Waals surface area contributed by atoms with Gasteiger partial charge in [0, 0.05) is 45.3 Å². The third-order valence-corrected chi connectivity index (χ3v) is 9.07. The molecule has 4 fully saturated rings. The molecule has 6 heterocycles. The molecule has 0 aromatic carbocycles.